The smallest absolute Gasteiger partial charge is 0.193 e. The number of carbonyl (C=O) groups is 1. The van der Waals surface area contributed by atoms with E-state index in [1.807, 2.05) is 85.1 Å². The topological polar surface area (TPSA) is 49.3 Å². The Bertz CT molecular complexity index is 710. The SMILES string of the molecule is CCc1cc(C(=O)c2ccc(C)cc2)cc(C(C)(C)C)c1O.CNC. The second-order valence-corrected chi connectivity index (χ2v) is 7.33. The predicted octanol–water partition coefficient (Wildman–Crippen LogP) is 4.63. The molecule has 0 radical (unpaired) electrons. The van der Waals surface area contributed by atoms with Gasteiger partial charge in [0.15, 0.2) is 5.78 Å². The quantitative estimate of drug-likeness (QED) is 0.801. The van der Waals surface area contributed by atoms with Crippen LogP contribution in [0.2, 0.25) is 0 Å². The number of phenolic OH excluding ortho intramolecular Hbond substituents is 1. The normalized spacial score (nSPS) is 10.8. The zero-order valence-electron chi connectivity index (χ0n) is 16.5. The van der Waals surface area contributed by atoms with Crippen molar-refractivity contribution in [3.05, 3.63) is 64.2 Å². The number of nitrogens with one attached hydrogen (secondary N) is 1. The van der Waals surface area contributed by atoms with Crippen LogP contribution in [0.5, 0.6) is 5.75 Å². The van der Waals surface area contributed by atoms with Gasteiger partial charge in [-0.2, -0.15) is 0 Å². The van der Waals surface area contributed by atoms with Crippen molar-refractivity contribution in [1.82, 2.24) is 5.32 Å². The van der Waals surface area contributed by atoms with Crippen molar-refractivity contribution in [1.29, 1.82) is 0 Å². The molecule has 136 valence electrons. The van der Waals surface area contributed by atoms with Crippen molar-refractivity contribution in [2.45, 2.75) is 46.5 Å². The van der Waals surface area contributed by atoms with Gasteiger partial charge in [0.25, 0.3) is 0 Å². The summed E-state index contributed by atoms with van der Waals surface area (Å²) < 4.78 is 0. The highest BCUT2D eigenvalue weighted by Gasteiger charge is 2.23. The number of phenols is 1. The molecule has 0 amide bonds. The van der Waals surface area contributed by atoms with Crippen molar-refractivity contribution in [3.63, 3.8) is 0 Å². The molecule has 0 bridgehead atoms. The highest BCUT2D eigenvalue weighted by molar-refractivity contribution is 6.09. The fraction of sp³-hybridized carbons (Fsp3) is 0.409. The van der Waals surface area contributed by atoms with Crippen molar-refractivity contribution < 1.29 is 9.90 Å². The molecule has 3 heteroatoms. The van der Waals surface area contributed by atoms with Gasteiger partial charge >= 0.3 is 0 Å². The van der Waals surface area contributed by atoms with Crippen molar-refractivity contribution in [2.24, 2.45) is 0 Å². The summed E-state index contributed by atoms with van der Waals surface area (Å²) in [5.74, 6) is 0.315. The van der Waals surface area contributed by atoms with Crippen LogP contribution < -0.4 is 5.32 Å². The summed E-state index contributed by atoms with van der Waals surface area (Å²) in [5.41, 5.74) is 3.89. The van der Waals surface area contributed by atoms with E-state index in [0.717, 1.165) is 16.7 Å². The Morgan fingerprint density at radius 3 is 2.00 bits per heavy atom. The second kappa shape index (κ2) is 8.82. The summed E-state index contributed by atoms with van der Waals surface area (Å²) in [6, 6.07) is 11.2. The first kappa shape index (κ1) is 20.9. The van der Waals surface area contributed by atoms with Crippen LogP contribution in [0.3, 0.4) is 0 Å². The van der Waals surface area contributed by atoms with E-state index in [9.17, 15) is 9.90 Å². The van der Waals surface area contributed by atoms with E-state index in [1.54, 1.807) is 0 Å². The van der Waals surface area contributed by atoms with Gasteiger partial charge in [-0.25, -0.2) is 0 Å². The van der Waals surface area contributed by atoms with Gasteiger partial charge in [0.1, 0.15) is 5.75 Å². The molecule has 0 spiro atoms. The maximum absolute atomic E-state index is 12.7. The minimum Gasteiger partial charge on any atom is -0.507 e. The molecule has 3 nitrogen and oxygen atoms in total. The highest BCUT2D eigenvalue weighted by atomic mass is 16.3. The molecule has 2 rings (SSSR count). The van der Waals surface area contributed by atoms with Crippen LogP contribution in [0.25, 0.3) is 0 Å². The number of aryl methyl sites for hydroxylation is 2. The number of hydrogen-bond donors (Lipinski definition) is 2. The second-order valence-electron chi connectivity index (χ2n) is 7.33. The van der Waals surface area contributed by atoms with Crippen molar-refractivity contribution in [3.8, 4) is 5.75 Å². The molecule has 0 aliphatic rings. The lowest BCUT2D eigenvalue weighted by Gasteiger charge is -2.23. The van der Waals surface area contributed by atoms with Gasteiger partial charge in [0.05, 0.1) is 0 Å². The zero-order chi connectivity index (χ0) is 19.2. The first-order valence-electron chi connectivity index (χ1n) is 8.71. The Morgan fingerprint density at radius 2 is 1.56 bits per heavy atom. The fourth-order valence-electron chi connectivity index (χ4n) is 2.54. The summed E-state index contributed by atoms with van der Waals surface area (Å²) in [7, 11) is 3.75. The summed E-state index contributed by atoms with van der Waals surface area (Å²) in [4.78, 5) is 12.7. The number of aromatic hydroxyl groups is 1. The Morgan fingerprint density at radius 1 is 1.04 bits per heavy atom. The van der Waals surface area contributed by atoms with Crippen LogP contribution in [0.15, 0.2) is 36.4 Å². The van der Waals surface area contributed by atoms with Gasteiger partial charge < -0.3 is 10.4 Å². The number of benzene rings is 2. The third-order valence-electron chi connectivity index (χ3n) is 3.95. The van der Waals surface area contributed by atoms with E-state index in [4.69, 9.17) is 0 Å². The molecule has 0 atom stereocenters. The van der Waals surface area contributed by atoms with Crippen molar-refractivity contribution >= 4 is 5.78 Å². The predicted molar refractivity (Wildman–Crippen MR) is 106 cm³/mol. The highest BCUT2D eigenvalue weighted by Crippen LogP contribution is 2.35. The molecule has 0 aromatic heterocycles. The molecule has 0 fully saturated rings. The molecule has 0 aliphatic carbocycles. The number of carbonyl (C=O) groups excluding carboxylic acids is 1. The largest absolute Gasteiger partial charge is 0.507 e. The van der Waals surface area contributed by atoms with Crippen LogP contribution in [-0.4, -0.2) is 25.0 Å². The molecule has 25 heavy (non-hydrogen) atoms. The van der Waals surface area contributed by atoms with Gasteiger partial charge in [-0.05, 0) is 50.6 Å². The van der Waals surface area contributed by atoms with Gasteiger partial charge in [-0.1, -0.05) is 57.5 Å². The van der Waals surface area contributed by atoms with Crippen molar-refractivity contribution in [2.75, 3.05) is 14.1 Å². The molecule has 2 N–H and O–H groups in total. The third-order valence-corrected chi connectivity index (χ3v) is 3.95. The van der Waals surface area contributed by atoms with E-state index in [1.165, 1.54) is 0 Å². The maximum Gasteiger partial charge on any atom is 0.193 e. The lowest BCUT2D eigenvalue weighted by atomic mass is 9.83. The zero-order valence-corrected chi connectivity index (χ0v) is 16.5. The molecule has 0 unspecified atom stereocenters. The third kappa shape index (κ3) is 5.43. The van der Waals surface area contributed by atoms with E-state index >= 15 is 0 Å². The molecule has 0 saturated heterocycles. The van der Waals surface area contributed by atoms with Crippen LogP contribution in [-0.2, 0) is 11.8 Å². The Labute approximate surface area is 152 Å². The Kier molecular flexibility index (Phi) is 7.38. The standard InChI is InChI=1S/C20H24O2.C2H7N/c1-6-14-11-16(12-17(19(14)22)20(3,4)5)18(21)15-9-7-13(2)8-10-15;1-3-2/h7-12,22H,6H2,1-5H3;3H,1-2H3. The van der Waals surface area contributed by atoms with Crippen LogP contribution in [0.1, 0.15) is 60.3 Å². The molecular formula is C22H31NO2. The van der Waals surface area contributed by atoms with E-state index in [-0.39, 0.29) is 11.2 Å². The van der Waals surface area contributed by atoms with E-state index in [0.29, 0.717) is 23.3 Å². The maximum atomic E-state index is 12.7. The summed E-state index contributed by atoms with van der Waals surface area (Å²) in [6.07, 6.45) is 0.698. The van der Waals surface area contributed by atoms with Crippen LogP contribution in [0.4, 0.5) is 0 Å². The fourth-order valence-corrected chi connectivity index (χ4v) is 2.54. The average Bonchev–Trinajstić information content (AvgIpc) is 2.55. The van der Waals surface area contributed by atoms with Gasteiger partial charge in [-0.15, -0.1) is 0 Å². The molecular weight excluding hydrogens is 310 g/mol. The summed E-state index contributed by atoms with van der Waals surface area (Å²) in [6.45, 7) is 10.1. The number of rotatable bonds is 3. The summed E-state index contributed by atoms with van der Waals surface area (Å²) >= 11 is 0. The van der Waals surface area contributed by atoms with Gasteiger partial charge in [0, 0.05) is 16.7 Å². The Balaban J connectivity index is 0.000000970. The van der Waals surface area contributed by atoms with E-state index in [2.05, 4.69) is 5.32 Å². The monoisotopic (exact) mass is 341 g/mol. The minimum absolute atomic E-state index is 0.000185. The van der Waals surface area contributed by atoms with Crippen LogP contribution >= 0.6 is 0 Å². The first-order valence-corrected chi connectivity index (χ1v) is 8.71. The van der Waals surface area contributed by atoms with Crippen LogP contribution in [0, 0.1) is 6.92 Å². The Hall–Kier alpha value is -2.13. The van der Waals surface area contributed by atoms with Gasteiger partial charge in [0.2, 0.25) is 0 Å². The molecule has 0 saturated carbocycles. The van der Waals surface area contributed by atoms with Gasteiger partial charge in [-0.3, -0.25) is 4.79 Å². The summed E-state index contributed by atoms with van der Waals surface area (Å²) in [5, 5.41) is 13.2. The number of hydrogen-bond acceptors (Lipinski definition) is 3. The average molecular weight is 341 g/mol. The number of ketones is 1. The molecule has 0 aliphatic heterocycles. The lowest BCUT2D eigenvalue weighted by Crippen LogP contribution is -2.14. The molecule has 2 aromatic carbocycles. The molecule has 2 aromatic rings. The minimum atomic E-state index is -0.211. The first-order chi connectivity index (χ1) is 11.6. The molecule has 0 heterocycles. The van der Waals surface area contributed by atoms with E-state index < -0.39 is 0 Å². The lowest BCUT2D eigenvalue weighted by molar-refractivity contribution is 0.103.